The first-order chi connectivity index (χ1) is 8.60. The minimum atomic E-state index is -0.694. The van der Waals surface area contributed by atoms with Gasteiger partial charge in [0.05, 0.1) is 11.1 Å². The van der Waals surface area contributed by atoms with Gasteiger partial charge in [-0.1, -0.05) is 12.1 Å². The number of hydrogen-bond acceptors (Lipinski definition) is 3. The Hall–Kier alpha value is -1.69. The highest BCUT2D eigenvalue weighted by molar-refractivity contribution is 9.15. The van der Waals surface area contributed by atoms with Crippen molar-refractivity contribution in [3.63, 3.8) is 0 Å². The Morgan fingerprint density at radius 3 is 2.83 bits per heavy atom. The lowest BCUT2D eigenvalue weighted by Gasteiger charge is -2.09. The highest BCUT2D eigenvalue weighted by Gasteiger charge is 2.16. The second-order valence-electron chi connectivity index (χ2n) is 3.18. The average molecular weight is 316 g/mol. The van der Waals surface area contributed by atoms with Gasteiger partial charge in [-0.15, -0.1) is 0 Å². The number of nitrogens with one attached hydrogen (secondary N) is 1. The maximum atomic E-state index is 13.1. The molecule has 0 spiro atoms. The molecule has 0 unspecified atom stereocenters. The molecule has 1 aromatic carbocycles. The Morgan fingerprint density at radius 2 is 2.28 bits per heavy atom. The van der Waals surface area contributed by atoms with E-state index in [2.05, 4.69) is 21.2 Å². The van der Waals surface area contributed by atoms with Crippen molar-refractivity contribution in [2.45, 2.75) is 6.92 Å². The quantitative estimate of drug-likeness (QED) is 0.515. The van der Waals surface area contributed by atoms with Crippen LogP contribution >= 0.6 is 15.9 Å². The number of amides is 1. The molecule has 0 aliphatic heterocycles. The molecule has 1 N–H and O–H groups in total. The van der Waals surface area contributed by atoms with Crippen LogP contribution in [0, 0.1) is 5.82 Å². The molecule has 0 fully saturated rings. The predicted octanol–water partition coefficient (Wildman–Crippen LogP) is 2.20. The molecule has 0 heterocycles. The third-order valence-corrected chi connectivity index (χ3v) is 2.83. The Bertz CT molecular complexity index is 488. The molecular formula is C12H11BrFNO3. The van der Waals surface area contributed by atoms with Crippen LogP contribution in [0.1, 0.15) is 12.5 Å². The summed E-state index contributed by atoms with van der Waals surface area (Å²) >= 11 is 3.15. The highest BCUT2D eigenvalue weighted by Crippen LogP contribution is 2.25. The maximum Gasteiger partial charge on any atom is 0.356 e. The number of esters is 1. The molecule has 0 aliphatic carbocycles. The van der Waals surface area contributed by atoms with Crippen LogP contribution in [0.3, 0.4) is 0 Å². The van der Waals surface area contributed by atoms with Crippen LogP contribution in [-0.4, -0.2) is 19.0 Å². The van der Waals surface area contributed by atoms with Gasteiger partial charge >= 0.3 is 5.97 Å². The molecule has 1 rings (SSSR count). The highest BCUT2D eigenvalue weighted by atomic mass is 79.9. The Balaban J connectivity index is 3.18. The Labute approximate surface area is 112 Å². The molecule has 0 saturated carbocycles. The molecule has 18 heavy (non-hydrogen) atoms. The van der Waals surface area contributed by atoms with Crippen LogP contribution in [0.5, 0.6) is 0 Å². The molecule has 0 bridgehead atoms. The van der Waals surface area contributed by atoms with Gasteiger partial charge in [0.1, 0.15) is 11.5 Å². The Morgan fingerprint density at radius 1 is 1.56 bits per heavy atom. The van der Waals surface area contributed by atoms with Gasteiger partial charge in [-0.3, -0.25) is 4.79 Å². The fourth-order valence-corrected chi connectivity index (χ4v) is 1.77. The summed E-state index contributed by atoms with van der Waals surface area (Å²) in [6.07, 6.45) is 0.354. The first-order valence-corrected chi connectivity index (χ1v) is 5.92. The monoisotopic (exact) mass is 315 g/mol. The van der Waals surface area contributed by atoms with Crippen molar-refractivity contribution < 1.29 is 18.7 Å². The van der Waals surface area contributed by atoms with Gasteiger partial charge in [0.15, 0.2) is 0 Å². The standard InChI is InChI=1S/C12H11BrFNO3/c1-2-18-12(17)11(15-7-16)10(13)8-4-3-5-9(14)6-8/h3-7H,2H2,1H3,(H,15,16)/b11-10+. The molecular weight excluding hydrogens is 305 g/mol. The lowest BCUT2D eigenvalue weighted by Crippen LogP contribution is -2.22. The zero-order valence-electron chi connectivity index (χ0n) is 9.57. The van der Waals surface area contributed by atoms with Crippen LogP contribution in [-0.2, 0) is 14.3 Å². The number of rotatable bonds is 5. The van der Waals surface area contributed by atoms with Crippen LogP contribution in [0.15, 0.2) is 30.0 Å². The number of hydrogen-bond donors (Lipinski definition) is 1. The summed E-state index contributed by atoms with van der Waals surface area (Å²) in [6, 6.07) is 5.60. The minimum absolute atomic E-state index is 0.0718. The molecule has 0 atom stereocenters. The van der Waals surface area contributed by atoms with Crippen molar-refractivity contribution in [2.75, 3.05) is 6.61 Å². The van der Waals surface area contributed by atoms with Gasteiger partial charge in [0.2, 0.25) is 6.41 Å². The van der Waals surface area contributed by atoms with Gasteiger partial charge in [-0.2, -0.15) is 0 Å². The van der Waals surface area contributed by atoms with E-state index < -0.39 is 11.8 Å². The van der Waals surface area contributed by atoms with Crippen LogP contribution in [0.2, 0.25) is 0 Å². The number of halogens is 2. The van der Waals surface area contributed by atoms with Crippen LogP contribution in [0.4, 0.5) is 4.39 Å². The molecule has 0 aromatic heterocycles. The zero-order valence-corrected chi connectivity index (χ0v) is 11.2. The molecule has 6 heteroatoms. The van der Waals surface area contributed by atoms with Crippen molar-refractivity contribution in [1.29, 1.82) is 0 Å². The van der Waals surface area contributed by atoms with Crippen LogP contribution < -0.4 is 5.32 Å². The van der Waals surface area contributed by atoms with Crippen molar-refractivity contribution in [1.82, 2.24) is 5.32 Å². The van der Waals surface area contributed by atoms with E-state index in [0.717, 1.165) is 0 Å². The molecule has 4 nitrogen and oxygen atoms in total. The zero-order chi connectivity index (χ0) is 13.5. The van der Waals surface area contributed by atoms with E-state index >= 15 is 0 Å². The maximum absolute atomic E-state index is 13.1. The third-order valence-electron chi connectivity index (χ3n) is 1.98. The van der Waals surface area contributed by atoms with E-state index in [1.807, 2.05) is 0 Å². The van der Waals surface area contributed by atoms with E-state index in [4.69, 9.17) is 4.74 Å². The summed E-state index contributed by atoms with van der Waals surface area (Å²) in [7, 11) is 0. The summed E-state index contributed by atoms with van der Waals surface area (Å²) in [5, 5.41) is 2.24. The van der Waals surface area contributed by atoms with E-state index in [1.54, 1.807) is 13.0 Å². The van der Waals surface area contributed by atoms with Crippen molar-refractivity contribution >= 4 is 32.8 Å². The fourth-order valence-electron chi connectivity index (χ4n) is 1.24. The minimum Gasteiger partial charge on any atom is -0.461 e. The van der Waals surface area contributed by atoms with E-state index in [9.17, 15) is 14.0 Å². The molecule has 0 aliphatic rings. The van der Waals surface area contributed by atoms with Crippen molar-refractivity contribution in [2.24, 2.45) is 0 Å². The molecule has 0 saturated heterocycles. The second kappa shape index (κ2) is 6.90. The fraction of sp³-hybridized carbons (Fsp3) is 0.167. The van der Waals surface area contributed by atoms with Gasteiger partial charge in [-0.25, -0.2) is 9.18 Å². The Kier molecular flexibility index (Phi) is 5.51. The lowest BCUT2D eigenvalue weighted by atomic mass is 10.2. The summed E-state index contributed by atoms with van der Waals surface area (Å²) in [6.45, 7) is 1.82. The number of ether oxygens (including phenoxy) is 1. The average Bonchev–Trinajstić information content (AvgIpc) is 2.35. The predicted molar refractivity (Wildman–Crippen MR) is 68.1 cm³/mol. The number of carbonyl (C=O) groups is 2. The summed E-state index contributed by atoms with van der Waals surface area (Å²) in [4.78, 5) is 22.1. The first kappa shape index (κ1) is 14.4. The lowest BCUT2D eigenvalue weighted by molar-refractivity contribution is -0.139. The molecule has 1 aromatic rings. The van der Waals surface area contributed by atoms with Crippen LogP contribution in [0.25, 0.3) is 4.48 Å². The SMILES string of the molecule is CCOC(=O)/C(NC=O)=C(\Br)c1cccc(F)c1. The van der Waals surface area contributed by atoms with Gasteiger partial charge in [-0.05, 0) is 40.5 Å². The topological polar surface area (TPSA) is 55.4 Å². The van der Waals surface area contributed by atoms with Crippen molar-refractivity contribution in [3.05, 3.63) is 41.3 Å². The van der Waals surface area contributed by atoms with Gasteiger partial charge in [0.25, 0.3) is 0 Å². The normalized spacial score (nSPS) is 11.5. The van der Waals surface area contributed by atoms with E-state index in [1.165, 1.54) is 18.2 Å². The summed E-state index contributed by atoms with van der Waals surface area (Å²) < 4.78 is 18.1. The van der Waals surface area contributed by atoms with Gasteiger partial charge < -0.3 is 10.1 Å². The van der Waals surface area contributed by atoms with Gasteiger partial charge in [0, 0.05) is 0 Å². The molecule has 0 radical (unpaired) electrons. The van der Waals surface area contributed by atoms with Crippen molar-refractivity contribution in [3.8, 4) is 0 Å². The van der Waals surface area contributed by atoms with E-state index in [0.29, 0.717) is 12.0 Å². The largest absolute Gasteiger partial charge is 0.461 e. The number of carbonyl (C=O) groups excluding carboxylic acids is 2. The van der Waals surface area contributed by atoms with E-state index in [-0.39, 0.29) is 16.8 Å². The summed E-state index contributed by atoms with van der Waals surface area (Å²) in [5.41, 5.74) is 0.352. The number of benzene rings is 1. The molecule has 96 valence electrons. The first-order valence-electron chi connectivity index (χ1n) is 5.13. The third kappa shape index (κ3) is 3.66. The smallest absolute Gasteiger partial charge is 0.356 e. The molecule has 1 amide bonds. The summed E-state index contributed by atoms with van der Waals surface area (Å²) in [5.74, 6) is -1.14. The second-order valence-corrected chi connectivity index (χ2v) is 3.97.